The number of pyridine rings is 2. The molecule has 3 aromatic rings. The van der Waals surface area contributed by atoms with E-state index < -0.39 is 0 Å². The molecule has 140 valence electrons. The molecule has 1 aromatic carbocycles. The Morgan fingerprint density at radius 3 is 2.81 bits per heavy atom. The molecule has 0 aliphatic heterocycles. The van der Waals surface area contributed by atoms with E-state index in [-0.39, 0.29) is 6.61 Å². The van der Waals surface area contributed by atoms with Crippen LogP contribution in [0.5, 0.6) is 11.6 Å². The molecule has 27 heavy (non-hydrogen) atoms. The molecule has 0 spiro atoms. The standard InChI is InChI=1S/C20H19Cl2N3O2/c1-4-8-23-16-9-12(2)25-19-13(16)6-5-7-17(19)27-11-14-15(21)10-24-20(26-3)18(14)22/h4-10H,11H2,1-3H3,(H,23,25)/b8-4-. The number of rotatable bonds is 6. The van der Waals surface area contributed by atoms with Crippen LogP contribution in [-0.4, -0.2) is 17.1 Å². The summed E-state index contributed by atoms with van der Waals surface area (Å²) in [4.78, 5) is 8.69. The van der Waals surface area contributed by atoms with Crippen molar-refractivity contribution in [2.75, 3.05) is 12.4 Å². The molecule has 3 rings (SSSR count). The minimum Gasteiger partial charge on any atom is -0.487 e. The first-order valence-corrected chi connectivity index (χ1v) is 9.08. The molecule has 0 unspecified atom stereocenters. The Balaban J connectivity index is 1.98. The molecule has 0 aliphatic carbocycles. The van der Waals surface area contributed by atoms with Gasteiger partial charge >= 0.3 is 0 Å². The van der Waals surface area contributed by atoms with Gasteiger partial charge in [0, 0.05) is 22.3 Å². The molecule has 7 heteroatoms. The fourth-order valence-corrected chi connectivity index (χ4v) is 3.20. The highest BCUT2D eigenvalue weighted by molar-refractivity contribution is 6.36. The van der Waals surface area contributed by atoms with Crippen LogP contribution in [0.3, 0.4) is 0 Å². The maximum absolute atomic E-state index is 6.32. The molecule has 0 amide bonds. The topological polar surface area (TPSA) is 56.3 Å². The van der Waals surface area contributed by atoms with Gasteiger partial charge < -0.3 is 14.8 Å². The van der Waals surface area contributed by atoms with Crippen molar-refractivity contribution in [1.82, 2.24) is 9.97 Å². The van der Waals surface area contributed by atoms with Gasteiger partial charge in [0.1, 0.15) is 22.9 Å². The molecule has 1 N–H and O–H groups in total. The summed E-state index contributed by atoms with van der Waals surface area (Å²) in [6.45, 7) is 4.07. The van der Waals surface area contributed by atoms with E-state index in [1.165, 1.54) is 13.3 Å². The van der Waals surface area contributed by atoms with E-state index in [1.807, 2.05) is 50.4 Å². The Bertz CT molecular complexity index is 1010. The number of anilines is 1. The third-order valence-corrected chi connectivity index (χ3v) is 4.65. The Morgan fingerprint density at radius 1 is 1.26 bits per heavy atom. The summed E-state index contributed by atoms with van der Waals surface area (Å²) in [7, 11) is 1.50. The predicted molar refractivity (Wildman–Crippen MR) is 110 cm³/mol. The number of ether oxygens (including phenoxy) is 2. The van der Waals surface area contributed by atoms with Crippen LogP contribution in [0.4, 0.5) is 5.69 Å². The van der Waals surface area contributed by atoms with Gasteiger partial charge in [0.05, 0.1) is 18.3 Å². The predicted octanol–water partition coefficient (Wildman–Crippen LogP) is 5.78. The average Bonchev–Trinajstić information content (AvgIpc) is 2.66. The van der Waals surface area contributed by atoms with E-state index in [2.05, 4.69) is 15.3 Å². The van der Waals surface area contributed by atoms with Crippen LogP contribution in [0, 0.1) is 6.92 Å². The number of nitrogens with one attached hydrogen (secondary N) is 1. The van der Waals surface area contributed by atoms with Crippen molar-refractivity contribution in [2.45, 2.75) is 20.5 Å². The molecule has 0 radical (unpaired) electrons. The van der Waals surface area contributed by atoms with Gasteiger partial charge in [-0.1, -0.05) is 41.4 Å². The zero-order valence-corrected chi connectivity index (χ0v) is 16.7. The summed E-state index contributed by atoms with van der Waals surface area (Å²) in [6.07, 6.45) is 5.31. The largest absolute Gasteiger partial charge is 0.487 e. The molecule has 0 aliphatic rings. The highest BCUT2D eigenvalue weighted by Crippen LogP contribution is 2.34. The van der Waals surface area contributed by atoms with Crippen molar-refractivity contribution in [3.63, 3.8) is 0 Å². The fraction of sp³-hybridized carbons (Fsp3) is 0.200. The van der Waals surface area contributed by atoms with Crippen molar-refractivity contribution >= 4 is 39.8 Å². The van der Waals surface area contributed by atoms with Gasteiger partial charge in [0.15, 0.2) is 0 Å². The van der Waals surface area contributed by atoms with Crippen LogP contribution in [0.15, 0.2) is 42.7 Å². The van der Waals surface area contributed by atoms with Crippen LogP contribution in [-0.2, 0) is 6.61 Å². The SMILES string of the molecule is C/C=C\Nc1cc(C)nc2c(OCc3c(Cl)cnc(OC)c3Cl)cccc12. The van der Waals surface area contributed by atoms with Gasteiger partial charge in [-0.15, -0.1) is 0 Å². The van der Waals surface area contributed by atoms with E-state index >= 15 is 0 Å². The lowest BCUT2D eigenvalue weighted by atomic mass is 10.1. The lowest BCUT2D eigenvalue weighted by Gasteiger charge is -2.14. The fourth-order valence-electron chi connectivity index (χ4n) is 2.67. The molecule has 2 heterocycles. The van der Waals surface area contributed by atoms with E-state index in [9.17, 15) is 0 Å². The third-order valence-electron chi connectivity index (χ3n) is 3.94. The highest BCUT2D eigenvalue weighted by atomic mass is 35.5. The number of aromatic nitrogens is 2. The van der Waals surface area contributed by atoms with Crippen LogP contribution in [0.2, 0.25) is 10.0 Å². The third kappa shape index (κ3) is 4.10. The van der Waals surface area contributed by atoms with Crippen LogP contribution in [0.25, 0.3) is 10.9 Å². The number of aryl methyl sites for hydroxylation is 1. The van der Waals surface area contributed by atoms with E-state index in [1.54, 1.807) is 0 Å². The van der Waals surface area contributed by atoms with Crippen LogP contribution < -0.4 is 14.8 Å². The van der Waals surface area contributed by atoms with Crippen molar-refractivity contribution in [3.8, 4) is 11.6 Å². The van der Waals surface area contributed by atoms with Crippen molar-refractivity contribution in [1.29, 1.82) is 0 Å². The van der Waals surface area contributed by atoms with E-state index in [0.29, 0.717) is 27.2 Å². The Labute approximate surface area is 167 Å². The average molecular weight is 404 g/mol. The van der Waals surface area contributed by atoms with Gasteiger partial charge in [-0.25, -0.2) is 9.97 Å². The van der Waals surface area contributed by atoms with Gasteiger partial charge in [-0.3, -0.25) is 0 Å². The second-order valence-electron chi connectivity index (χ2n) is 5.80. The van der Waals surface area contributed by atoms with E-state index in [4.69, 9.17) is 32.7 Å². The van der Waals surface area contributed by atoms with Gasteiger partial charge in [-0.05, 0) is 32.2 Å². The Kier molecular flexibility index (Phi) is 6.04. The lowest BCUT2D eigenvalue weighted by Crippen LogP contribution is -2.02. The molecule has 0 fully saturated rings. The van der Waals surface area contributed by atoms with Gasteiger partial charge in [-0.2, -0.15) is 0 Å². The van der Waals surface area contributed by atoms with Crippen molar-refractivity contribution < 1.29 is 9.47 Å². The first kappa shape index (κ1) is 19.3. The summed E-state index contributed by atoms with van der Waals surface area (Å²) < 4.78 is 11.2. The number of allylic oxidation sites excluding steroid dienone is 1. The first-order chi connectivity index (χ1) is 13.0. The zero-order valence-electron chi connectivity index (χ0n) is 15.2. The summed E-state index contributed by atoms with van der Waals surface area (Å²) in [5, 5.41) is 4.98. The molecule has 0 bridgehead atoms. The normalized spacial score (nSPS) is 11.1. The molecule has 0 saturated heterocycles. The van der Waals surface area contributed by atoms with Gasteiger partial charge in [0.2, 0.25) is 5.88 Å². The van der Waals surface area contributed by atoms with E-state index in [0.717, 1.165) is 22.3 Å². The number of nitrogens with zero attached hydrogens (tertiary/aromatic N) is 2. The maximum atomic E-state index is 6.32. The number of halogens is 2. The number of hydrogen-bond acceptors (Lipinski definition) is 5. The number of fused-ring (bicyclic) bond motifs is 1. The minimum absolute atomic E-state index is 0.170. The summed E-state index contributed by atoms with van der Waals surface area (Å²) in [6, 6.07) is 7.78. The summed E-state index contributed by atoms with van der Waals surface area (Å²) in [5.74, 6) is 0.951. The molecular weight excluding hydrogens is 385 g/mol. The highest BCUT2D eigenvalue weighted by Gasteiger charge is 2.15. The summed E-state index contributed by atoms with van der Waals surface area (Å²) >= 11 is 12.6. The molecule has 2 aromatic heterocycles. The Morgan fingerprint density at radius 2 is 2.07 bits per heavy atom. The minimum atomic E-state index is 0.170. The quantitative estimate of drug-likeness (QED) is 0.565. The second-order valence-corrected chi connectivity index (χ2v) is 6.59. The lowest BCUT2D eigenvalue weighted by molar-refractivity contribution is 0.308. The van der Waals surface area contributed by atoms with Gasteiger partial charge in [0.25, 0.3) is 0 Å². The number of para-hydroxylation sites is 1. The van der Waals surface area contributed by atoms with Crippen molar-refractivity contribution in [3.05, 3.63) is 64.0 Å². The van der Waals surface area contributed by atoms with Crippen molar-refractivity contribution in [2.24, 2.45) is 0 Å². The van der Waals surface area contributed by atoms with Crippen LogP contribution >= 0.6 is 23.2 Å². The molecule has 0 saturated carbocycles. The monoisotopic (exact) mass is 403 g/mol. The zero-order chi connectivity index (χ0) is 19.4. The Hall–Kier alpha value is -2.50. The molecule has 0 atom stereocenters. The first-order valence-electron chi connectivity index (χ1n) is 8.33. The number of hydrogen-bond donors (Lipinski definition) is 1. The number of methoxy groups -OCH3 is 1. The van der Waals surface area contributed by atoms with Crippen LogP contribution in [0.1, 0.15) is 18.2 Å². The number of benzene rings is 1. The molecule has 5 nitrogen and oxygen atoms in total. The molecular formula is C20H19Cl2N3O2. The second kappa shape index (κ2) is 8.46. The summed E-state index contributed by atoms with van der Waals surface area (Å²) in [5.41, 5.74) is 3.22. The maximum Gasteiger partial charge on any atom is 0.232 e. The smallest absolute Gasteiger partial charge is 0.232 e.